The maximum atomic E-state index is 12.4. The minimum Gasteiger partial charge on any atom is -0.402 e. The van der Waals surface area contributed by atoms with Crippen LogP contribution in [0.1, 0.15) is 16.7 Å². The fraction of sp³-hybridized carbons (Fsp3) is 0.0435. The molecule has 0 saturated carbocycles. The maximum Gasteiger partial charge on any atom is 0.363 e. The van der Waals surface area contributed by atoms with Crippen LogP contribution in [0.2, 0.25) is 10.0 Å². The molecular weight excluding hydrogens is 473 g/mol. The van der Waals surface area contributed by atoms with Crippen molar-refractivity contribution in [3.63, 3.8) is 0 Å². The van der Waals surface area contributed by atoms with Crippen molar-refractivity contribution in [1.82, 2.24) is 0 Å². The molecular formula is C23H15Cl2NO5S. The molecule has 3 aromatic carbocycles. The standard InChI is InChI=1S/C23H15Cl2NO5S/c1-14-2-5-16(13-20(14)25)22-26-21(23(27)30-22)12-15-3-8-18(9-4-15)31-32(28,29)19-10-6-17(24)7-11-19/h2-13H,1H3/b21-12-. The first-order chi connectivity index (χ1) is 15.2. The van der Waals surface area contributed by atoms with E-state index in [0.29, 0.717) is 21.2 Å². The highest BCUT2D eigenvalue weighted by Crippen LogP contribution is 2.25. The Bertz CT molecular complexity index is 1360. The van der Waals surface area contributed by atoms with Gasteiger partial charge in [-0.1, -0.05) is 41.4 Å². The number of rotatable bonds is 5. The number of carbonyl (C=O) groups is 1. The summed E-state index contributed by atoms with van der Waals surface area (Å²) in [4.78, 5) is 16.4. The van der Waals surface area contributed by atoms with Crippen molar-refractivity contribution >= 4 is 51.3 Å². The van der Waals surface area contributed by atoms with Crippen LogP contribution in [-0.2, 0) is 19.6 Å². The number of nitrogens with zero attached hydrogens (tertiary/aromatic N) is 1. The van der Waals surface area contributed by atoms with Gasteiger partial charge >= 0.3 is 16.1 Å². The van der Waals surface area contributed by atoms with E-state index in [1.165, 1.54) is 42.5 Å². The predicted molar refractivity (Wildman–Crippen MR) is 123 cm³/mol. The number of esters is 1. The van der Waals surface area contributed by atoms with Crippen LogP contribution >= 0.6 is 23.2 Å². The van der Waals surface area contributed by atoms with Crippen molar-refractivity contribution in [1.29, 1.82) is 0 Å². The number of cyclic esters (lactones) is 1. The maximum absolute atomic E-state index is 12.4. The van der Waals surface area contributed by atoms with Crippen LogP contribution in [0.5, 0.6) is 5.75 Å². The summed E-state index contributed by atoms with van der Waals surface area (Å²) in [5.74, 6) is -0.311. The van der Waals surface area contributed by atoms with Gasteiger partial charge in [-0.25, -0.2) is 9.79 Å². The summed E-state index contributed by atoms with van der Waals surface area (Å²) in [6, 6.07) is 17.1. The fourth-order valence-corrected chi connectivity index (χ4v) is 4.05. The fourth-order valence-electron chi connectivity index (χ4n) is 2.81. The zero-order valence-electron chi connectivity index (χ0n) is 16.6. The van der Waals surface area contributed by atoms with Crippen molar-refractivity contribution in [2.45, 2.75) is 11.8 Å². The van der Waals surface area contributed by atoms with E-state index in [1.807, 2.05) is 13.0 Å². The molecule has 0 radical (unpaired) electrons. The topological polar surface area (TPSA) is 82.0 Å². The third kappa shape index (κ3) is 4.85. The molecule has 0 N–H and O–H groups in total. The minimum absolute atomic E-state index is 0.0140. The van der Waals surface area contributed by atoms with Crippen molar-refractivity contribution < 1.29 is 22.1 Å². The van der Waals surface area contributed by atoms with Gasteiger partial charge in [0.25, 0.3) is 0 Å². The van der Waals surface area contributed by atoms with Crippen LogP contribution in [0.25, 0.3) is 6.08 Å². The quantitative estimate of drug-likeness (QED) is 0.272. The van der Waals surface area contributed by atoms with Crippen LogP contribution in [0.4, 0.5) is 0 Å². The lowest BCUT2D eigenvalue weighted by Gasteiger charge is -2.07. The molecule has 4 rings (SSSR count). The van der Waals surface area contributed by atoms with Crippen LogP contribution in [-0.4, -0.2) is 20.3 Å². The lowest BCUT2D eigenvalue weighted by Crippen LogP contribution is -2.09. The lowest BCUT2D eigenvalue weighted by atomic mass is 10.1. The monoisotopic (exact) mass is 487 g/mol. The van der Waals surface area contributed by atoms with Crippen molar-refractivity contribution in [2.24, 2.45) is 4.99 Å². The Hall–Kier alpha value is -3.13. The van der Waals surface area contributed by atoms with E-state index in [9.17, 15) is 13.2 Å². The van der Waals surface area contributed by atoms with Gasteiger partial charge in [0.05, 0.1) is 0 Å². The number of benzene rings is 3. The molecule has 162 valence electrons. The number of ether oxygens (including phenoxy) is 1. The number of hydrogen-bond donors (Lipinski definition) is 0. The molecule has 1 heterocycles. The highest BCUT2D eigenvalue weighted by molar-refractivity contribution is 7.87. The first-order valence-corrected chi connectivity index (χ1v) is 11.5. The summed E-state index contributed by atoms with van der Waals surface area (Å²) >= 11 is 11.9. The number of hydrogen-bond acceptors (Lipinski definition) is 6. The first-order valence-electron chi connectivity index (χ1n) is 9.30. The third-order valence-corrected chi connectivity index (χ3v) is 6.45. The molecule has 3 aromatic rings. The zero-order valence-corrected chi connectivity index (χ0v) is 18.9. The highest BCUT2D eigenvalue weighted by Gasteiger charge is 2.24. The third-order valence-electron chi connectivity index (χ3n) is 4.53. The Balaban J connectivity index is 1.52. The predicted octanol–water partition coefficient (Wildman–Crippen LogP) is 5.41. The van der Waals surface area contributed by atoms with Crippen molar-refractivity contribution in [3.8, 4) is 5.75 Å². The molecule has 0 unspecified atom stereocenters. The second-order valence-corrected chi connectivity index (χ2v) is 9.25. The molecule has 0 aromatic heterocycles. The molecule has 32 heavy (non-hydrogen) atoms. The summed E-state index contributed by atoms with van der Waals surface area (Å²) in [5, 5.41) is 0.964. The summed E-state index contributed by atoms with van der Waals surface area (Å²) < 4.78 is 35.1. The molecule has 0 saturated heterocycles. The van der Waals surface area contributed by atoms with E-state index in [0.717, 1.165) is 5.56 Å². The Morgan fingerprint density at radius 2 is 1.66 bits per heavy atom. The molecule has 0 atom stereocenters. The van der Waals surface area contributed by atoms with E-state index in [2.05, 4.69) is 4.99 Å². The molecule has 1 aliphatic rings. The minimum atomic E-state index is -4.00. The van der Waals surface area contributed by atoms with E-state index in [1.54, 1.807) is 24.3 Å². The van der Waals surface area contributed by atoms with Crippen LogP contribution in [0.15, 0.2) is 82.3 Å². The highest BCUT2D eigenvalue weighted by atomic mass is 35.5. The Morgan fingerprint density at radius 3 is 2.31 bits per heavy atom. The van der Waals surface area contributed by atoms with Gasteiger partial charge in [0.15, 0.2) is 5.70 Å². The summed E-state index contributed by atoms with van der Waals surface area (Å²) in [7, 11) is -4.00. The normalized spacial score (nSPS) is 14.9. The largest absolute Gasteiger partial charge is 0.402 e. The molecule has 9 heteroatoms. The molecule has 0 spiro atoms. The smallest absolute Gasteiger partial charge is 0.363 e. The molecule has 0 fully saturated rings. The first kappa shape index (κ1) is 22.1. The molecule has 0 bridgehead atoms. The van der Waals surface area contributed by atoms with E-state index >= 15 is 0 Å². The lowest BCUT2D eigenvalue weighted by molar-refractivity contribution is -0.129. The second kappa shape index (κ2) is 8.78. The zero-order chi connectivity index (χ0) is 22.9. The Labute approximate surface area is 194 Å². The van der Waals surface area contributed by atoms with E-state index < -0.39 is 16.1 Å². The molecule has 0 amide bonds. The van der Waals surface area contributed by atoms with Gasteiger partial charge in [-0.3, -0.25) is 0 Å². The summed E-state index contributed by atoms with van der Waals surface area (Å²) in [6.45, 7) is 1.87. The molecule has 6 nitrogen and oxygen atoms in total. The van der Waals surface area contributed by atoms with E-state index in [-0.39, 0.29) is 22.2 Å². The van der Waals surface area contributed by atoms with E-state index in [4.69, 9.17) is 32.1 Å². The number of carbonyl (C=O) groups excluding carboxylic acids is 1. The van der Waals surface area contributed by atoms with Crippen LogP contribution in [0.3, 0.4) is 0 Å². The van der Waals surface area contributed by atoms with Gasteiger partial charge in [0.1, 0.15) is 10.6 Å². The van der Waals surface area contributed by atoms with Crippen molar-refractivity contribution in [3.05, 3.63) is 99.2 Å². The van der Waals surface area contributed by atoms with Gasteiger partial charge in [0, 0.05) is 15.6 Å². The SMILES string of the molecule is Cc1ccc(C2=N/C(=C\c3ccc(OS(=O)(=O)c4ccc(Cl)cc4)cc3)C(=O)O2)cc1Cl. The van der Waals surface area contributed by atoms with Gasteiger partial charge < -0.3 is 8.92 Å². The number of aliphatic imine (C=N–C) groups is 1. The van der Waals surface area contributed by atoms with Gasteiger partial charge in [-0.15, -0.1) is 0 Å². The molecule has 0 aliphatic carbocycles. The van der Waals surface area contributed by atoms with Crippen LogP contribution < -0.4 is 4.18 Å². The van der Waals surface area contributed by atoms with Gasteiger partial charge in [-0.05, 0) is 72.7 Å². The second-order valence-electron chi connectivity index (χ2n) is 6.86. The molecule has 1 aliphatic heterocycles. The average molecular weight is 488 g/mol. The Kier molecular flexibility index (Phi) is 6.06. The number of aryl methyl sites for hydroxylation is 1. The van der Waals surface area contributed by atoms with Gasteiger partial charge in [-0.2, -0.15) is 8.42 Å². The van der Waals surface area contributed by atoms with Gasteiger partial charge in [0.2, 0.25) is 5.90 Å². The number of halogens is 2. The van der Waals surface area contributed by atoms with Crippen molar-refractivity contribution in [2.75, 3.05) is 0 Å². The average Bonchev–Trinajstić information content (AvgIpc) is 3.12. The Morgan fingerprint density at radius 1 is 0.969 bits per heavy atom. The summed E-state index contributed by atoms with van der Waals surface area (Å²) in [6.07, 6.45) is 1.53. The summed E-state index contributed by atoms with van der Waals surface area (Å²) in [5.41, 5.74) is 2.21. The van der Waals surface area contributed by atoms with Crippen LogP contribution in [0, 0.1) is 6.92 Å².